The number of hydrogen-bond donors (Lipinski definition) is 2. The number of nitro benzene ring substituents is 1. The lowest BCUT2D eigenvalue weighted by Gasteiger charge is -2.01. The molecule has 8 nitrogen and oxygen atoms in total. The first-order valence-electron chi connectivity index (χ1n) is 6.61. The minimum atomic E-state index is -0.523. The number of hydrogen-bond acceptors (Lipinski definition) is 6. The van der Waals surface area contributed by atoms with E-state index in [1.807, 2.05) is 24.3 Å². The molecular weight excluding hydrogens is 296 g/mol. The van der Waals surface area contributed by atoms with Gasteiger partial charge in [-0.05, 0) is 18.2 Å². The molecule has 112 valence electrons. The van der Waals surface area contributed by atoms with Crippen molar-refractivity contribution in [1.29, 1.82) is 5.26 Å². The highest BCUT2D eigenvalue weighted by atomic mass is 16.6. The Bertz CT molecular complexity index is 921. The fraction of sp³-hybridized carbons (Fsp3) is 0. The number of fused-ring (bicyclic) bond motifs is 1. The van der Waals surface area contributed by atoms with E-state index >= 15 is 0 Å². The first kappa shape index (κ1) is 14.2. The molecule has 0 radical (unpaired) electrons. The number of aromatic amines is 1. The molecule has 0 aliphatic rings. The Morgan fingerprint density at radius 2 is 2.00 bits per heavy atom. The molecule has 3 rings (SSSR count). The van der Waals surface area contributed by atoms with Crippen molar-refractivity contribution in [2.75, 3.05) is 5.43 Å². The third kappa shape index (κ3) is 2.84. The van der Waals surface area contributed by atoms with E-state index in [2.05, 4.69) is 20.5 Å². The SMILES string of the molecule is N#C/C(=N/Nc1ccccc1[N+](=O)[O-])c1nc2ccccc2[nH]1. The van der Waals surface area contributed by atoms with Gasteiger partial charge in [-0.3, -0.25) is 15.5 Å². The number of anilines is 1. The summed E-state index contributed by atoms with van der Waals surface area (Å²) >= 11 is 0. The summed E-state index contributed by atoms with van der Waals surface area (Å²) < 4.78 is 0. The molecule has 0 aliphatic carbocycles. The molecule has 0 bridgehead atoms. The summed E-state index contributed by atoms with van der Waals surface area (Å²) in [7, 11) is 0. The number of nitro groups is 1. The standard InChI is InChI=1S/C15H10N6O2/c16-9-13(15-17-10-5-1-2-6-11(10)18-15)20-19-12-7-3-4-8-14(12)21(22)23/h1-8,19H,(H,17,18)/b20-13-. The summed E-state index contributed by atoms with van der Waals surface area (Å²) in [5.74, 6) is 0.291. The Balaban J connectivity index is 1.94. The minimum absolute atomic E-state index is 0.000601. The fourth-order valence-electron chi connectivity index (χ4n) is 2.04. The zero-order chi connectivity index (χ0) is 16.2. The van der Waals surface area contributed by atoms with E-state index in [0.29, 0.717) is 11.3 Å². The van der Waals surface area contributed by atoms with Gasteiger partial charge in [-0.15, -0.1) is 0 Å². The van der Waals surface area contributed by atoms with E-state index in [4.69, 9.17) is 0 Å². The van der Waals surface area contributed by atoms with Crippen molar-refractivity contribution in [3.8, 4) is 6.07 Å². The summed E-state index contributed by atoms with van der Waals surface area (Å²) in [5.41, 5.74) is 4.10. The highest BCUT2D eigenvalue weighted by Crippen LogP contribution is 2.23. The zero-order valence-corrected chi connectivity index (χ0v) is 11.7. The van der Waals surface area contributed by atoms with Crippen LogP contribution in [0.2, 0.25) is 0 Å². The minimum Gasteiger partial charge on any atom is -0.336 e. The summed E-state index contributed by atoms with van der Waals surface area (Å²) in [6.07, 6.45) is 0. The summed E-state index contributed by atoms with van der Waals surface area (Å²) in [4.78, 5) is 17.7. The lowest BCUT2D eigenvalue weighted by molar-refractivity contribution is -0.384. The Hall–Kier alpha value is -3.73. The van der Waals surface area contributed by atoms with Gasteiger partial charge in [0.2, 0.25) is 5.71 Å². The number of benzene rings is 2. The van der Waals surface area contributed by atoms with Gasteiger partial charge in [0.1, 0.15) is 11.8 Å². The Labute approximate surface area is 130 Å². The maximum Gasteiger partial charge on any atom is 0.294 e. The van der Waals surface area contributed by atoms with E-state index in [-0.39, 0.29) is 17.1 Å². The summed E-state index contributed by atoms with van der Waals surface area (Å²) in [6.45, 7) is 0. The van der Waals surface area contributed by atoms with E-state index in [0.717, 1.165) is 5.52 Å². The lowest BCUT2D eigenvalue weighted by Crippen LogP contribution is -2.05. The predicted octanol–water partition coefficient (Wildman–Crippen LogP) is 2.81. The Kier molecular flexibility index (Phi) is 3.68. The molecule has 0 saturated carbocycles. The van der Waals surface area contributed by atoms with Gasteiger partial charge in [0, 0.05) is 6.07 Å². The molecule has 0 unspecified atom stereocenters. The van der Waals surface area contributed by atoms with Crippen LogP contribution < -0.4 is 5.43 Å². The molecule has 0 spiro atoms. The molecule has 23 heavy (non-hydrogen) atoms. The lowest BCUT2D eigenvalue weighted by atomic mass is 10.3. The van der Waals surface area contributed by atoms with Crippen LogP contribution in [-0.4, -0.2) is 20.6 Å². The quantitative estimate of drug-likeness (QED) is 0.436. The number of rotatable bonds is 4. The van der Waals surface area contributed by atoms with Gasteiger partial charge in [0.15, 0.2) is 5.82 Å². The van der Waals surface area contributed by atoms with Crippen molar-refractivity contribution in [1.82, 2.24) is 9.97 Å². The van der Waals surface area contributed by atoms with Crippen molar-refractivity contribution < 1.29 is 4.92 Å². The molecule has 1 aromatic heterocycles. The average Bonchev–Trinajstić information content (AvgIpc) is 2.99. The number of H-pyrrole nitrogens is 1. The topological polar surface area (TPSA) is 120 Å². The number of hydrazone groups is 1. The number of aromatic nitrogens is 2. The Morgan fingerprint density at radius 1 is 1.26 bits per heavy atom. The molecule has 1 heterocycles. The largest absolute Gasteiger partial charge is 0.336 e. The molecule has 0 saturated heterocycles. The average molecular weight is 306 g/mol. The van der Waals surface area contributed by atoms with Gasteiger partial charge in [0.05, 0.1) is 16.0 Å². The Morgan fingerprint density at radius 3 is 2.74 bits per heavy atom. The van der Waals surface area contributed by atoms with E-state index in [1.54, 1.807) is 18.2 Å². The molecule has 2 aromatic carbocycles. The number of para-hydroxylation sites is 4. The molecule has 0 fully saturated rings. The van der Waals surface area contributed by atoms with Crippen LogP contribution >= 0.6 is 0 Å². The molecule has 0 aliphatic heterocycles. The molecule has 3 aromatic rings. The van der Waals surface area contributed by atoms with Crippen LogP contribution in [-0.2, 0) is 0 Å². The van der Waals surface area contributed by atoms with Crippen LogP contribution in [0.5, 0.6) is 0 Å². The van der Waals surface area contributed by atoms with Crippen molar-refractivity contribution >= 4 is 28.1 Å². The zero-order valence-electron chi connectivity index (χ0n) is 11.7. The number of imidazole rings is 1. The van der Waals surface area contributed by atoms with Crippen LogP contribution in [0.3, 0.4) is 0 Å². The second-order valence-electron chi connectivity index (χ2n) is 4.56. The second-order valence-corrected chi connectivity index (χ2v) is 4.56. The highest BCUT2D eigenvalue weighted by molar-refractivity contribution is 6.10. The number of nitriles is 1. The van der Waals surface area contributed by atoms with Crippen LogP contribution in [0.15, 0.2) is 53.6 Å². The van der Waals surface area contributed by atoms with Crippen LogP contribution in [0.1, 0.15) is 5.82 Å². The van der Waals surface area contributed by atoms with E-state index in [1.165, 1.54) is 12.1 Å². The maximum atomic E-state index is 11.0. The maximum absolute atomic E-state index is 11.0. The van der Waals surface area contributed by atoms with Crippen molar-refractivity contribution in [3.63, 3.8) is 0 Å². The van der Waals surface area contributed by atoms with E-state index in [9.17, 15) is 15.4 Å². The third-order valence-corrected chi connectivity index (χ3v) is 3.11. The second kappa shape index (κ2) is 5.95. The van der Waals surface area contributed by atoms with Crippen molar-refractivity contribution in [2.45, 2.75) is 0 Å². The van der Waals surface area contributed by atoms with Gasteiger partial charge >= 0.3 is 0 Å². The first-order valence-corrected chi connectivity index (χ1v) is 6.61. The van der Waals surface area contributed by atoms with Crippen LogP contribution in [0.25, 0.3) is 11.0 Å². The third-order valence-electron chi connectivity index (χ3n) is 3.11. The van der Waals surface area contributed by atoms with Gasteiger partial charge in [-0.1, -0.05) is 24.3 Å². The smallest absolute Gasteiger partial charge is 0.294 e. The predicted molar refractivity (Wildman–Crippen MR) is 85.0 cm³/mol. The van der Waals surface area contributed by atoms with Crippen molar-refractivity contribution in [2.24, 2.45) is 5.10 Å². The molecular formula is C15H10N6O2. The highest BCUT2D eigenvalue weighted by Gasteiger charge is 2.13. The van der Waals surface area contributed by atoms with Crippen molar-refractivity contribution in [3.05, 3.63) is 64.5 Å². The van der Waals surface area contributed by atoms with E-state index < -0.39 is 4.92 Å². The molecule has 8 heteroatoms. The monoisotopic (exact) mass is 306 g/mol. The van der Waals surface area contributed by atoms with Gasteiger partial charge in [-0.25, -0.2) is 4.98 Å². The molecule has 2 N–H and O–H groups in total. The fourth-order valence-corrected chi connectivity index (χ4v) is 2.04. The first-order chi connectivity index (χ1) is 11.2. The summed E-state index contributed by atoms with van der Waals surface area (Å²) in [5, 5.41) is 24.1. The molecule has 0 amide bonds. The van der Waals surface area contributed by atoms with Gasteiger partial charge in [0.25, 0.3) is 5.69 Å². The van der Waals surface area contributed by atoms with Gasteiger partial charge in [-0.2, -0.15) is 10.4 Å². The van der Waals surface area contributed by atoms with Crippen LogP contribution in [0.4, 0.5) is 11.4 Å². The number of nitrogens with one attached hydrogen (secondary N) is 2. The van der Waals surface area contributed by atoms with Gasteiger partial charge < -0.3 is 4.98 Å². The summed E-state index contributed by atoms with van der Waals surface area (Å²) in [6, 6.07) is 15.3. The molecule has 0 atom stereocenters. The van der Waals surface area contributed by atoms with Crippen LogP contribution in [0, 0.1) is 21.4 Å². The number of nitrogens with zero attached hydrogens (tertiary/aromatic N) is 4. The normalized spacial score (nSPS) is 11.2.